The van der Waals surface area contributed by atoms with Crippen LogP contribution in [-0.2, 0) is 4.79 Å². The molecule has 0 unspecified atom stereocenters. The topological polar surface area (TPSA) is 29.4 Å². The van der Waals surface area contributed by atoms with Crippen LogP contribution in [0.5, 0.6) is 0 Å². The summed E-state index contributed by atoms with van der Waals surface area (Å²) < 4.78 is 3.82. The zero-order valence-electron chi connectivity index (χ0n) is 3.76. The van der Waals surface area contributed by atoms with Crippen LogP contribution in [0.2, 0.25) is 0 Å². The van der Waals surface area contributed by atoms with Crippen molar-refractivity contribution in [2.24, 2.45) is 4.40 Å². The third-order valence-corrected chi connectivity index (χ3v) is 1.52. The van der Waals surface area contributed by atoms with Gasteiger partial charge in [0.05, 0.1) is 5.71 Å². The monoisotopic (exact) mass is 139 g/mol. The van der Waals surface area contributed by atoms with Crippen LogP contribution in [0.1, 0.15) is 6.42 Å². The molecule has 0 spiro atoms. The molecule has 0 amide bonds. The Morgan fingerprint density at radius 3 is 2.75 bits per heavy atom. The van der Waals surface area contributed by atoms with Gasteiger partial charge in [-0.25, -0.2) is 4.40 Å². The Balaban J connectivity index is 0.000000490. The molecule has 8 heavy (non-hydrogen) atoms. The molecule has 2 nitrogen and oxygen atoms in total. The molecule has 0 aliphatic carbocycles. The molecule has 0 saturated heterocycles. The minimum atomic E-state index is 0. The molecule has 0 saturated carbocycles. The van der Waals surface area contributed by atoms with E-state index in [9.17, 15) is 4.79 Å². The van der Waals surface area contributed by atoms with Crippen LogP contribution in [0, 0.1) is 0 Å². The first-order valence-corrected chi connectivity index (χ1v) is 3.02. The van der Waals surface area contributed by atoms with Gasteiger partial charge in [-0.3, -0.25) is 4.79 Å². The summed E-state index contributed by atoms with van der Waals surface area (Å²) in [4.78, 5) is 9.86. The van der Waals surface area contributed by atoms with Crippen molar-refractivity contribution >= 4 is 53.5 Å². The van der Waals surface area contributed by atoms with Crippen LogP contribution in [0.25, 0.3) is 0 Å². The Labute approximate surface area is 74.6 Å². The normalized spacial score (nSPS) is 16.8. The van der Waals surface area contributed by atoms with Gasteiger partial charge < -0.3 is 0 Å². The van der Waals surface area contributed by atoms with Crippen molar-refractivity contribution < 1.29 is 4.79 Å². The molecule has 0 N–H and O–H groups in total. The molecular formula is C4H6NNaOS. The molecule has 0 aromatic rings. The minimum absolute atomic E-state index is 0. The summed E-state index contributed by atoms with van der Waals surface area (Å²) in [5, 5.41) is 0. The summed E-state index contributed by atoms with van der Waals surface area (Å²) in [5.41, 5.74) is 0.699. The first kappa shape index (κ1) is 8.69. The van der Waals surface area contributed by atoms with E-state index in [0.29, 0.717) is 5.71 Å². The van der Waals surface area contributed by atoms with Gasteiger partial charge in [-0.1, -0.05) is 0 Å². The van der Waals surface area contributed by atoms with Gasteiger partial charge in [-0.05, 0) is 11.9 Å². The molecular weight excluding hydrogens is 133 g/mol. The number of carbonyl (C=O) groups excluding carboxylic acids is 1. The van der Waals surface area contributed by atoms with Crippen molar-refractivity contribution in [1.82, 2.24) is 0 Å². The van der Waals surface area contributed by atoms with E-state index in [1.165, 1.54) is 11.9 Å². The van der Waals surface area contributed by atoms with E-state index < -0.39 is 0 Å². The first-order chi connectivity index (χ1) is 3.43. The van der Waals surface area contributed by atoms with Gasteiger partial charge in [0.2, 0.25) is 0 Å². The second-order valence-electron chi connectivity index (χ2n) is 1.28. The summed E-state index contributed by atoms with van der Waals surface area (Å²) in [6, 6.07) is 0. The average molecular weight is 139 g/mol. The molecule has 1 rings (SSSR count). The maximum absolute atomic E-state index is 9.86. The number of nitrogens with zero attached hydrogens (tertiary/aromatic N) is 1. The number of carbonyl (C=O) groups is 1. The Kier molecular flexibility index (Phi) is 4.95. The van der Waals surface area contributed by atoms with Crippen molar-refractivity contribution in [3.8, 4) is 0 Å². The van der Waals surface area contributed by atoms with Crippen LogP contribution in [0.4, 0.5) is 0 Å². The third-order valence-electron chi connectivity index (χ3n) is 0.767. The summed E-state index contributed by atoms with van der Waals surface area (Å²) >= 11 is 1.46. The zero-order chi connectivity index (χ0) is 5.11. The van der Waals surface area contributed by atoms with E-state index in [4.69, 9.17) is 0 Å². The Morgan fingerprint density at radius 2 is 2.50 bits per heavy atom. The maximum atomic E-state index is 9.86. The molecule has 0 aromatic heterocycles. The Hall–Kier alpha value is 0.690. The first-order valence-electron chi connectivity index (χ1n) is 2.07. The number of rotatable bonds is 1. The van der Waals surface area contributed by atoms with Crippen LogP contribution < -0.4 is 0 Å². The Morgan fingerprint density at radius 1 is 1.75 bits per heavy atom. The molecule has 1 heterocycles. The van der Waals surface area contributed by atoms with Gasteiger partial charge in [-0.15, -0.1) is 0 Å². The van der Waals surface area contributed by atoms with Gasteiger partial charge in [0.15, 0.2) is 6.29 Å². The standard InChI is InChI=1S/C4H5NOS.Na.H/c6-3-4-1-2-7-5-4;;/h3H,1-2H2;;. The summed E-state index contributed by atoms with van der Waals surface area (Å²) in [6.45, 7) is 0. The molecule has 0 aromatic carbocycles. The fourth-order valence-corrected chi connectivity index (χ4v) is 1.10. The average Bonchev–Trinajstić information content (AvgIpc) is 2.14. The molecule has 1 aliphatic rings. The van der Waals surface area contributed by atoms with Crippen molar-refractivity contribution in [2.75, 3.05) is 5.75 Å². The van der Waals surface area contributed by atoms with E-state index in [-0.39, 0.29) is 29.6 Å². The van der Waals surface area contributed by atoms with E-state index in [2.05, 4.69) is 4.40 Å². The molecule has 1 aliphatic heterocycles. The van der Waals surface area contributed by atoms with E-state index in [1.807, 2.05) is 0 Å². The molecule has 0 fully saturated rings. The van der Waals surface area contributed by atoms with E-state index >= 15 is 0 Å². The quantitative estimate of drug-likeness (QED) is 0.291. The molecule has 40 valence electrons. The van der Waals surface area contributed by atoms with Crippen LogP contribution in [0.15, 0.2) is 4.40 Å². The van der Waals surface area contributed by atoms with Crippen LogP contribution in [0.3, 0.4) is 0 Å². The van der Waals surface area contributed by atoms with Gasteiger partial charge in [0.1, 0.15) is 0 Å². The van der Waals surface area contributed by atoms with Crippen LogP contribution in [-0.4, -0.2) is 47.3 Å². The van der Waals surface area contributed by atoms with E-state index in [1.54, 1.807) is 0 Å². The van der Waals surface area contributed by atoms with Gasteiger partial charge in [0, 0.05) is 12.2 Å². The third kappa shape index (κ3) is 2.31. The Bertz CT molecular complexity index is 115. The summed E-state index contributed by atoms with van der Waals surface area (Å²) in [7, 11) is 0. The number of aldehydes is 1. The fraction of sp³-hybridized carbons (Fsp3) is 0.500. The van der Waals surface area contributed by atoms with Gasteiger partial charge in [-0.2, -0.15) is 0 Å². The summed E-state index contributed by atoms with van der Waals surface area (Å²) in [5.74, 6) is 0.980. The van der Waals surface area contributed by atoms with Crippen molar-refractivity contribution in [2.45, 2.75) is 6.42 Å². The molecule has 0 bridgehead atoms. The second kappa shape index (κ2) is 4.56. The van der Waals surface area contributed by atoms with Crippen molar-refractivity contribution in [1.29, 1.82) is 0 Å². The van der Waals surface area contributed by atoms with E-state index in [0.717, 1.165) is 18.5 Å². The molecule has 4 heteroatoms. The number of hydrogen-bond donors (Lipinski definition) is 0. The predicted molar refractivity (Wildman–Crippen MR) is 37.7 cm³/mol. The molecule has 0 radical (unpaired) electrons. The second-order valence-corrected chi connectivity index (χ2v) is 2.13. The fourth-order valence-electron chi connectivity index (χ4n) is 0.405. The number of hydrogen-bond acceptors (Lipinski definition) is 3. The van der Waals surface area contributed by atoms with Crippen molar-refractivity contribution in [3.63, 3.8) is 0 Å². The van der Waals surface area contributed by atoms with Crippen LogP contribution >= 0.6 is 11.9 Å². The van der Waals surface area contributed by atoms with Gasteiger partial charge >= 0.3 is 29.6 Å². The SMILES string of the molecule is O=CC1=NSCC1.[NaH]. The molecule has 0 atom stereocenters. The zero-order valence-corrected chi connectivity index (χ0v) is 4.57. The predicted octanol–water partition coefficient (Wildman–Crippen LogP) is 0.0297. The van der Waals surface area contributed by atoms with Gasteiger partial charge in [0.25, 0.3) is 0 Å². The van der Waals surface area contributed by atoms with Crippen molar-refractivity contribution in [3.05, 3.63) is 0 Å². The summed E-state index contributed by atoms with van der Waals surface area (Å²) in [6.07, 6.45) is 1.67.